The number of likely N-dealkylation sites (tertiary alicyclic amines) is 2. The lowest BCUT2D eigenvalue weighted by Gasteiger charge is -2.34. The van der Waals surface area contributed by atoms with Gasteiger partial charge in [-0.05, 0) is 37.8 Å². The Labute approximate surface area is 165 Å². The molecule has 0 unspecified atom stereocenters. The zero-order valence-electron chi connectivity index (χ0n) is 16.5. The molecule has 8 heteroatoms. The summed E-state index contributed by atoms with van der Waals surface area (Å²) in [5, 5.41) is 14.8. The van der Waals surface area contributed by atoms with Crippen LogP contribution in [0.3, 0.4) is 0 Å². The molecule has 0 saturated carbocycles. The van der Waals surface area contributed by atoms with E-state index in [9.17, 15) is 19.7 Å². The molecule has 2 amide bonds. The SMILES string of the molecule is CC(C)C(=O)N1CCC(Nc2ccc([N+](=O)[O-])c(C(=O)N3CCCC3)c2)CC1. The Balaban J connectivity index is 1.69. The molecule has 2 fully saturated rings. The number of hydrogen-bond donors (Lipinski definition) is 1. The number of nitro benzene ring substituents is 1. The fraction of sp³-hybridized carbons (Fsp3) is 0.600. The largest absolute Gasteiger partial charge is 0.382 e. The summed E-state index contributed by atoms with van der Waals surface area (Å²) >= 11 is 0. The number of carbonyl (C=O) groups excluding carboxylic acids is 2. The lowest BCUT2D eigenvalue weighted by Crippen LogP contribution is -2.44. The molecule has 2 saturated heterocycles. The first kappa shape index (κ1) is 20.1. The molecule has 2 heterocycles. The smallest absolute Gasteiger partial charge is 0.282 e. The van der Waals surface area contributed by atoms with Crippen LogP contribution in [0.15, 0.2) is 18.2 Å². The molecular formula is C20H28N4O4. The number of amides is 2. The van der Waals surface area contributed by atoms with E-state index in [0.717, 1.165) is 25.7 Å². The Kier molecular flexibility index (Phi) is 6.16. The second kappa shape index (κ2) is 8.58. The normalized spacial score (nSPS) is 17.8. The first-order valence-corrected chi connectivity index (χ1v) is 10.00. The Morgan fingerprint density at radius 3 is 2.32 bits per heavy atom. The maximum absolute atomic E-state index is 12.7. The summed E-state index contributed by atoms with van der Waals surface area (Å²) in [5.74, 6) is -0.101. The molecule has 2 aliphatic heterocycles. The Bertz CT molecular complexity index is 751. The van der Waals surface area contributed by atoms with Gasteiger partial charge in [-0.2, -0.15) is 0 Å². The Hall–Kier alpha value is -2.64. The lowest BCUT2D eigenvalue weighted by molar-refractivity contribution is -0.385. The summed E-state index contributed by atoms with van der Waals surface area (Å²) in [4.78, 5) is 39.3. The number of benzene rings is 1. The molecule has 152 valence electrons. The number of nitro groups is 1. The van der Waals surface area contributed by atoms with Crippen molar-refractivity contribution in [2.45, 2.75) is 45.6 Å². The zero-order chi connectivity index (χ0) is 20.3. The minimum absolute atomic E-state index is 0.00154. The van der Waals surface area contributed by atoms with Gasteiger partial charge >= 0.3 is 0 Å². The summed E-state index contributed by atoms with van der Waals surface area (Å²) in [6.45, 7) is 6.50. The second-order valence-electron chi connectivity index (χ2n) is 7.89. The topological polar surface area (TPSA) is 95.8 Å². The van der Waals surface area contributed by atoms with Gasteiger partial charge in [-0.15, -0.1) is 0 Å². The predicted octanol–water partition coefficient (Wildman–Crippen LogP) is 2.89. The van der Waals surface area contributed by atoms with Crippen molar-refractivity contribution in [2.24, 2.45) is 5.92 Å². The van der Waals surface area contributed by atoms with Gasteiger partial charge < -0.3 is 15.1 Å². The molecule has 3 rings (SSSR count). The van der Waals surface area contributed by atoms with Crippen molar-refractivity contribution in [3.63, 3.8) is 0 Å². The molecule has 0 aliphatic carbocycles. The average molecular weight is 388 g/mol. The summed E-state index contributed by atoms with van der Waals surface area (Å²) in [5.41, 5.74) is 0.700. The maximum Gasteiger partial charge on any atom is 0.282 e. The van der Waals surface area contributed by atoms with Crippen LogP contribution in [0.1, 0.15) is 49.9 Å². The number of nitrogens with one attached hydrogen (secondary N) is 1. The molecule has 1 aromatic rings. The number of piperidine rings is 1. The first-order chi connectivity index (χ1) is 13.4. The standard InChI is InChI=1S/C20H28N4O4/c1-14(2)19(25)23-11-7-15(8-12-23)21-16-5-6-18(24(27)28)17(13-16)20(26)22-9-3-4-10-22/h5-6,13-15,21H,3-4,7-12H2,1-2H3. The van der Waals surface area contributed by atoms with E-state index in [2.05, 4.69) is 5.32 Å². The van der Waals surface area contributed by atoms with Gasteiger partial charge in [0, 0.05) is 49.9 Å². The minimum Gasteiger partial charge on any atom is -0.382 e. The van der Waals surface area contributed by atoms with Crippen LogP contribution >= 0.6 is 0 Å². The summed E-state index contributed by atoms with van der Waals surface area (Å²) in [7, 11) is 0. The van der Waals surface area contributed by atoms with Crippen LogP contribution in [0.2, 0.25) is 0 Å². The maximum atomic E-state index is 12.7. The highest BCUT2D eigenvalue weighted by Gasteiger charge is 2.28. The predicted molar refractivity (Wildman–Crippen MR) is 106 cm³/mol. The monoisotopic (exact) mass is 388 g/mol. The van der Waals surface area contributed by atoms with E-state index in [-0.39, 0.29) is 35.0 Å². The van der Waals surface area contributed by atoms with Crippen LogP contribution in [-0.2, 0) is 4.79 Å². The molecule has 0 spiro atoms. The molecule has 0 radical (unpaired) electrons. The van der Waals surface area contributed by atoms with Crippen LogP contribution in [0.5, 0.6) is 0 Å². The fourth-order valence-corrected chi connectivity index (χ4v) is 3.89. The molecule has 0 atom stereocenters. The number of rotatable bonds is 5. The van der Waals surface area contributed by atoms with Crippen molar-refractivity contribution in [3.8, 4) is 0 Å². The fourth-order valence-electron chi connectivity index (χ4n) is 3.89. The van der Waals surface area contributed by atoms with Crippen molar-refractivity contribution in [3.05, 3.63) is 33.9 Å². The van der Waals surface area contributed by atoms with Crippen LogP contribution in [-0.4, -0.2) is 58.8 Å². The minimum atomic E-state index is -0.497. The van der Waals surface area contributed by atoms with Gasteiger partial charge in [-0.25, -0.2) is 0 Å². The quantitative estimate of drug-likeness (QED) is 0.618. The van der Waals surface area contributed by atoms with E-state index in [1.807, 2.05) is 18.7 Å². The molecule has 1 aromatic carbocycles. The Morgan fingerprint density at radius 2 is 1.75 bits per heavy atom. The molecule has 0 aromatic heterocycles. The van der Waals surface area contributed by atoms with E-state index in [1.165, 1.54) is 6.07 Å². The van der Waals surface area contributed by atoms with Crippen LogP contribution in [0, 0.1) is 16.0 Å². The van der Waals surface area contributed by atoms with E-state index < -0.39 is 4.92 Å². The van der Waals surface area contributed by atoms with E-state index >= 15 is 0 Å². The zero-order valence-corrected chi connectivity index (χ0v) is 16.5. The number of anilines is 1. The number of carbonyl (C=O) groups is 2. The molecule has 2 aliphatic rings. The highest BCUT2D eigenvalue weighted by Crippen LogP contribution is 2.27. The highest BCUT2D eigenvalue weighted by atomic mass is 16.6. The van der Waals surface area contributed by atoms with Gasteiger partial charge in [-0.1, -0.05) is 13.8 Å². The second-order valence-corrected chi connectivity index (χ2v) is 7.89. The molecular weight excluding hydrogens is 360 g/mol. The molecule has 0 bridgehead atoms. The molecule has 28 heavy (non-hydrogen) atoms. The van der Waals surface area contributed by atoms with Crippen molar-refractivity contribution in [2.75, 3.05) is 31.5 Å². The molecule has 1 N–H and O–H groups in total. The Morgan fingerprint density at radius 1 is 1.11 bits per heavy atom. The van der Waals surface area contributed by atoms with E-state index in [0.29, 0.717) is 31.9 Å². The van der Waals surface area contributed by atoms with Gasteiger partial charge in [0.25, 0.3) is 11.6 Å². The van der Waals surface area contributed by atoms with Crippen LogP contribution in [0.25, 0.3) is 0 Å². The van der Waals surface area contributed by atoms with Gasteiger partial charge in [-0.3, -0.25) is 19.7 Å². The third-order valence-electron chi connectivity index (χ3n) is 5.49. The first-order valence-electron chi connectivity index (χ1n) is 10.00. The highest BCUT2D eigenvalue weighted by molar-refractivity contribution is 5.99. The summed E-state index contributed by atoms with van der Waals surface area (Å²) in [6.07, 6.45) is 3.49. The van der Waals surface area contributed by atoms with E-state index in [1.54, 1.807) is 17.0 Å². The van der Waals surface area contributed by atoms with Crippen LogP contribution < -0.4 is 5.32 Å². The third kappa shape index (κ3) is 4.43. The lowest BCUT2D eigenvalue weighted by atomic mass is 10.0. The van der Waals surface area contributed by atoms with Gasteiger partial charge in [0.05, 0.1) is 4.92 Å². The van der Waals surface area contributed by atoms with Crippen molar-refractivity contribution in [1.82, 2.24) is 9.80 Å². The van der Waals surface area contributed by atoms with Gasteiger partial charge in [0.2, 0.25) is 5.91 Å². The van der Waals surface area contributed by atoms with Crippen LogP contribution in [0.4, 0.5) is 11.4 Å². The van der Waals surface area contributed by atoms with Crippen molar-refractivity contribution >= 4 is 23.2 Å². The summed E-state index contributed by atoms with van der Waals surface area (Å²) < 4.78 is 0. The third-order valence-corrected chi connectivity index (χ3v) is 5.49. The summed E-state index contributed by atoms with van der Waals surface area (Å²) in [6, 6.07) is 4.84. The van der Waals surface area contributed by atoms with Crippen molar-refractivity contribution in [1.29, 1.82) is 0 Å². The van der Waals surface area contributed by atoms with Gasteiger partial charge in [0.15, 0.2) is 0 Å². The van der Waals surface area contributed by atoms with Gasteiger partial charge in [0.1, 0.15) is 5.56 Å². The average Bonchev–Trinajstić information content (AvgIpc) is 3.22. The number of hydrogen-bond acceptors (Lipinski definition) is 5. The molecule has 8 nitrogen and oxygen atoms in total. The number of nitrogens with zero attached hydrogens (tertiary/aromatic N) is 3. The van der Waals surface area contributed by atoms with Crippen molar-refractivity contribution < 1.29 is 14.5 Å². The van der Waals surface area contributed by atoms with E-state index in [4.69, 9.17) is 0 Å².